The van der Waals surface area contributed by atoms with Gasteiger partial charge in [-0.2, -0.15) is 5.10 Å². The Bertz CT molecular complexity index is 805. The molecule has 0 unspecified atom stereocenters. The van der Waals surface area contributed by atoms with Gasteiger partial charge in [0, 0.05) is 25.8 Å². The van der Waals surface area contributed by atoms with Gasteiger partial charge in [0.25, 0.3) is 0 Å². The molecule has 142 valence electrons. The lowest BCUT2D eigenvalue weighted by Crippen LogP contribution is -2.53. The van der Waals surface area contributed by atoms with E-state index in [2.05, 4.69) is 17.0 Å². The molecular formula is C21H26N4O2. The quantitative estimate of drug-likeness (QED) is 0.796. The van der Waals surface area contributed by atoms with E-state index in [1.54, 1.807) is 11.1 Å². The largest absolute Gasteiger partial charge is 0.353 e. The monoisotopic (exact) mass is 366 g/mol. The summed E-state index contributed by atoms with van der Waals surface area (Å²) in [5.41, 5.74) is 1.49. The van der Waals surface area contributed by atoms with E-state index in [-0.39, 0.29) is 11.8 Å². The van der Waals surface area contributed by atoms with Crippen molar-refractivity contribution in [3.8, 4) is 0 Å². The number of amides is 2. The number of hydrogen-bond donors (Lipinski definition) is 1. The zero-order valence-electron chi connectivity index (χ0n) is 15.7. The van der Waals surface area contributed by atoms with E-state index in [1.165, 1.54) is 6.08 Å². The van der Waals surface area contributed by atoms with E-state index in [9.17, 15) is 9.59 Å². The summed E-state index contributed by atoms with van der Waals surface area (Å²) >= 11 is 0. The zero-order valence-corrected chi connectivity index (χ0v) is 15.7. The van der Waals surface area contributed by atoms with Crippen molar-refractivity contribution in [1.82, 2.24) is 20.0 Å². The first-order valence-electron chi connectivity index (χ1n) is 9.29. The summed E-state index contributed by atoms with van der Waals surface area (Å²) in [6.07, 6.45) is 6.30. The van der Waals surface area contributed by atoms with Crippen LogP contribution in [0.1, 0.15) is 24.0 Å². The van der Waals surface area contributed by atoms with Gasteiger partial charge in [0.1, 0.15) is 0 Å². The Morgan fingerprint density at radius 3 is 2.56 bits per heavy atom. The van der Waals surface area contributed by atoms with Gasteiger partial charge in [-0.1, -0.05) is 36.9 Å². The minimum atomic E-state index is -0.612. The Labute approximate surface area is 159 Å². The molecular weight excluding hydrogens is 340 g/mol. The SMILES string of the molecule is C=CC(=O)N1CCC(C(=O)NCCn2cc(C)cn2)(c2ccccc2)CC1. The van der Waals surface area contributed by atoms with Gasteiger partial charge < -0.3 is 10.2 Å². The summed E-state index contributed by atoms with van der Waals surface area (Å²) in [5, 5.41) is 7.34. The van der Waals surface area contributed by atoms with Crippen molar-refractivity contribution in [3.63, 3.8) is 0 Å². The zero-order chi connectivity index (χ0) is 19.3. The molecule has 1 aromatic heterocycles. The minimum absolute atomic E-state index is 0.0169. The lowest BCUT2D eigenvalue weighted by Gasteiger charge is -2.40. The third kappa shape index (κ3) is 4.10. The molecule has 2 aromatic rings. The molecule has 3 rings (SSSR count). The predicted octanol–water partition coefficient (Wildman–Crippen LogP) is 2.05. The molecule has 1 aliphatic heterocycles. The number of nitrogens with zero attached hydrogens (tertiary/aromatic N) is 3. The van der Waals surface area contributed by atoms with E-state index >= 15 is 0 Å². The molecule has 2 amide bonds. The standard InChI is InChI=1S/C21H26N4O2/c1-3-19(26)24-12-9-21(10-13-24,18-7-5-4-6-8-18)20(27)22-11-14-25-16-17(2)15-23-25/h3-8,15-16H,1,9-14H2,2H3,(H,22,27). The summed E-state index contributed by atoms with van der Waals surface area (Å²) in [4.78, 5) is 26.9. The normalized spacial score (nSPS) is 16.0. The molecule has 6 heteroatoms. The van der Waals surface area contributed by atoms with Gasteiger partial charge in [0.15, 0.2) is 0 Å². The van der Waals surface area contributed by atoms with Crippen LogP contribution in [0.3, 0.4) is 0 Å². The summed E-state index contributed by atoms with van der Waals surface area (Å²) in [7, 11) is 0. The van der Waals surface area contributed by atoms with Crippen LogP contribution in [0.4, 0.5) is 0 Å². The molecule has 0 spiro atoms. The van der Waals surface area contributed by atoms with Crippen molar-refractivity contribution in [2.45, 2.75) is 31.7 Å². The maximum atomic E-state index is 13.2. The van der Waals surface area contributed by atoms with E-state index < -0.39 is 5.41 Å². The van der Waals surface area contributed by atoms with Crippen LogP contribution in [0, 0.1) is 6.92 Å². The Hall–Kier alpha value is -2.89. The van der Waals surface area contributed by atoms with Gasteiger partial charge in [-0.3, -0.25) is 14.3 Å². The molecule has 1 saturated heterocycles. The van der Waals surface area contributed by atoms with Crippen LogP contribution in [0.5, 0.6) is 0 Å². The number of aryl methyl sites for hydroxylation is 1. The molecule has 27 heavy (non-hydrogen) atoms. The lowest BCUT2D eigenvalue weighted by molar-refractivity contribution is -0.133. The smallest absolute Gasteiger partial charge is 0.245 e. The number of benzene rings is 1. The van der Waals surface area contributed by atoms with Gasteiger partial charge in [0.05, 0.1) is 18.2 Å². The summed E-state index contributed by atoms with van der Waals surface area (Å²) in [6, 6.07) is 9.87. The second kappa shape index (κ2) is 8.20. The number of aromatic nitrogens is 2. The maximum Gasteiger partial charge on any atom is 0.245 e. The van der Waals surface area contributed by atoms with Gasteiger partial charge in [-0.05, 0) is 37.0 Å². The van der Waals surface area contributed by atoms with E-state index in [0.29, 0.717) is 39.0 Å². The van der Waals surface area contributed by atoms with E-state index in [0.717, 1.165) is 11.1 Å². The highest BCUT2D eigenvalue weighted by atomic mass is 16.2. The third-order valence-corrected chi connectivity index (χ3v) is 5.25. The first-order chi connectivity index (χ1) is 13.0. The average Bonchev–Trinajstić information content (AvgIpc) is 3.13. The fraction of sp³-hybridized carbons (Fsp3) is 0.381. The summed E-state index contributed by atoms with van der Waals surface area (Å²) < 4.78 is 1.83. The molecule has 0 saturated carbocycles. The first kappa shape index (κ1) is 18.9. The van der Waals surface area contributed by atoms with E-state index in [4.69, 9.17) is 0 Å². The number of carbonyl (C=O) groups is 2. The number of hydrogen-bond acceptors (Lipinski definition) is 3. The van der Waals surface area contributed by atoms with Crippen molar-refractivity contribution in [3.05, 3.63) is 66.5 Å². The van der Waals surface area contributed by atoms with Crippen LogP contribution < -0.4 is 5.32 Å². The Morgan fingerprint density at radius 1 is 1.26 bits per heavy atom. The second-order valence-corrected chi connectivity index (χ2v) is 7.01. The average molecular weight is 366 g/mol. The Kier molecular flexibility index (Phi) is 5.74. The molecule has 1 aliphatic rings. The fourth-order valence-corrected chi connectivity index (χ4v) is 3.68. The highest BCUT2D eigenvalue weighted by Crippen LogP contribution is 2.36. The van der Waals surface area contributed by atoms with Crippen molar-refractivity contribution in [2.75, 3.05) is 19.6 Å². The highest BCUT2D eigenvalue weighted by Gasteiger charge is 2.43. The van der Waals surface area contributed by atoms with Crippen molar-refractivity contribution in [2.24, 2.45) is 0 Å². The topological polar surface area (TPSA) is 67.2 Å². The number of carbonyl (C=O) groups excluding carboxylic acids is 2. The first-order valence-corrected chi connectivity index (χ1v) is 9.29. The van der Waals surface area contributed by atoms with Gasteiger partial charge in [-0.15, -0.1) is 0 Å². The number of piperidine rings is 1. The van der Waals surface area contributed by atoms with Crippen LogP contribution in [-0.4, -0.2) is 46.1 Å². The summed E-state index contributed by atoms with van der Waals surface area (Å²) in [5.74, 6) is -0.0607. The second-order valence-electron chi connectivity index (χ2n) is 7.01. The van der Waals surface area contributed by atoms with Gasteiger partial charge in [0.2, 0.25) is 11.8 Å². The minimum Gasteiger partial charge on any atom is -0.353 e. The van der Waals surface area contributed by atoms with Crippen LogP contribution in [0.15, 0.2) is 55.4 Å². The van der Waals surface area contributed by atoms with Crippen LogP contribution in [0.25, 0.3) is 0 Å². The van der Waals surface area contributed by atoms with Crippen molar-refractivity contribution >= 4 is 11.8 Å². The molecule has 0 aliphatic carbocycles. The molecule has 1 N–H and O–H groups in total. The van der Waals surface area contributed by atoms with Crippen molar-refractivity contribution in [1.29, 1.82) is 0 Å². The molecule has 0 radical (unpaired) electrons. The molecule has 6 nitrogen and oxygen atoms in total. The molecule has 0 atom stereocenters. The predicted molar refractivity (Wildman–Crippen MR) is 104 cm³/mol. The molecule has 1 aromatic carbocycles. The van der Waals surface area contributed by atoms with Crippen LogP contribution in [0.2, 0.25) is 0 Å². The number of likely N-dealkylation sites (tertiary alicyclic amines) is 1. The molecule has 0 bridgehead atoms. The van der Waals surface area contributed by atoms with Crippen molar-refractivity contribution < 1.29 is 9.59 Å². The summed E-state index contributed by atoms with van der Waals surface area (Å²) in [6.45, 7) is 7.79. The fourth-order valence-electron chi connectivity index (χ4n) is 3.68. The van der Waals surface area contributed by atoms with Gasteiger partial charge >= 0.3 is 0 Å². The highest BCUT2D eigenvalue weighted by molar-refractivity contribution is 5.90. The lowest BCUT2D eigenvalue weighted by atomic mass is 9.72. The Balaban J connectivity index is 1.71. The number of rotatable bonds is 6. The molecule has 2 heterocycles. The Morgan fingerprint density at radius 2 is 1.96 bits per heavy atom. The van der Waals surface area contributed by atoms with E-state index in [1.807, 2.05) is 48.1 Å². The third-order valence-electron chi connectivity index (χ3n) is 5.25. The number of nitrogens with one attached hydrogen (secondary N) is 1. The van der Waals surface area contributed by atoms with Crippen LogP contribution in [-0.2, 0) is 21.5 Å². The molecule has 1 fully saturated rings. The maximum absolute atomic E-state index is 13.2. The van der Waals surface area contributed by atoms with Crippen LogP contribution >= 0.6 is 0 Å². The van der Waals surface area contributed by atoms with Gasteiger partial charge in [-0.25, -0.2) is 0 Å².